The third-order valence-electron chi connectivity index (χ3n) is 6.93. The molecule has 1 atom stereocenters. The first-order chi connectivity index (χ1) is 17.6. The van der Waals surface area contributed by atoms with Gasteiger partial charge in [-0.15, -0.1) is 0 Å². The van der Waals surface area contributed by atoms with E-state index in [2.05, 4.69) is 9.80 Å². The zero-order valence-corrected chi connectivity index (χ0v) is 21.2. The number of alkyl halides is 3. The number of aromatic nitrogens is 2. The number of hydrogen-bond donors (Lipinski definition) is 0. The minimum absolute atomic E-state index is 0.144. The van der Waals surface area contributed by atoms with Gasteiger partial charge in [0.2, 0.25) is 10.0 Å². The number of morpholine rings is 1. The Morgan fingerprint density at radius 1 is 0.892 bits per heavy atom. The average molecular weight is 536 g/mol. The van der Waals surface area contributed by atoms with Crippen molar-refractivity contribution in [2.45, 2.75) is 24.0 Å². The summed E-state index contributed by atoms with van der Waals surface area (Å²) in [6, 6.07) is 11.4. The summed E-state index contributed by atoms with van der Waals surface area (Å²) in [4.78, 5) is 13.9. The molecule has 8 nitrogen and oxygen atoms in total. The van der Waals surface area contributed by atoms with E-state index in [0.717, 1.165) is 54.1 Å². The Balaban J connectivity index is 1.32. The van der Waals surface area contributed by atoms with Crippen molar-refractivity contribution in [3.05, 3.63) is 59.9 Å². The number of anilines is 1. The molecule has 198 valence electrons. The lowest BCUT2D eigenvalue weighted by atomic mass is 10.1. The van der Waals surface area contributed by atoms with Gasteiger partial charge in [0.15, 0.2) is 0 Å². The van der Waals surface area contributed by atoms with Crippen molar-refractivity contribution < 1.29 is 26.3 Å². The Labute approximate surface area is 213 Å². The molecule has 2 aliphatic heterocycles. The van der Waals surface area contributed by atoms with E-state index in [1.807, 2.05) is 31.2 Å². The maximum Gasteiger partial charge on any atom is 0.416 e. The van der Waals surface area contributed by atoms with Crippen molar-refractivity contribution in [3.8, 4) is 0 Å². The van der Waals surface area contributed by atoms with E-state index in [-0.39, 0.29) is 24.0 Å². The van der Waals surface area contributed by atoms with Crippen LogP contribution in [0.15, 0.2) is 53.4 Å². The third-order valence-corrected chi connectivity index (χ3v) is 8.84. The molecule has 0 radical (unpaired) electrons. The van der Waals surface area contributed by atoms with E-state index >= 15 is 0 Å². The van der Waals surface area contributed by atoms with Crippen molar-refractivity contribution >= 4 is 26.7 Å². The number of ether oxygens (including phenoxy) is 1. The number of sulfonamides is 1. The molecule has 37 heavy (non-hydrogen) atoms. The second-order valence-electron chi connectivity index (χ2n) is 9.16. The van der Waals surface area contributed by atoms with Crippen molar-refractivity contribution in [2.75, 3.05) is 57.4 Å². The van der Waals surface area contributed by atoms with Gasteiger partial charge in [-0.05, 0) is 43.3 Å². The van der Waals surface area contributed by atoms with Gasteiger partial charge in [0, 0.05) is 44.7 Å². The van der Waals surface area contributed by atoms with Crippen LogP contribution in [0.4, 0.5) is 19.0 Å². The average Bonchev–Trinajstić information content (AvgIpc) is 2.92. The molecule has 0 bridgehead atoms. The summed E-state index contributed by atoms with van der Waals surface area (Å²) in [7, 11) is -3.90. The maximum absolute atomic E-state index is 13.0. The molecule has 0 spiro atoms. The SMILES string of the molecule is C[C@H](c1nc(N2CCOCC2)c2ccccc2n1)N1CCN(S(=O)(=O)c2ccc(C(F)(F)F)cc2)CC1. The van der Waals surface area contributed by atoms with Gasteiger partial charge in [0.05, 0.1) is 35.2 Å². The number of halogens is 3. The molecular formula is C25H28F3N5O3S. The van der Waals surface area contributed by atoms with Crippen LogP contribution in [-0.2, 0) is 20.9 Å². The molecule has 3 heterocycles. The van der Waals surface area contributed by atoms with Crippen LogP contribution < -0.4 is 4.90 Å². The molecule has 0 N–H and O–H groups in total. The van der Waals surface area contributed by atoms with E-state index < -0.39 is 21.8 Å². The quantitative estimate of drug-likeness (QED) is 0.495. The van der Waals surface area contributed by atoms with Gasteiger partial charge in [-0.3, -0.25) is 4.90 Å². The van der Waals surface area contributed by atoms with Crippen LogP contribution >= 0.6 is 0 Å². The second kappa shape index (κ2) is 10.2. The Morgan fingerprint density at radius 3 is 2.19 bits per heavy atom. The lowest BCUT2D eigenvalue weighted by Gasteiger charge is -2.37. The Morgan fingerprint density at radius 2 is 1.54 bits per heavy atom. The van der Waals surface area contributed by atoms with Crippen molar-refractivity contribution in [1.82, 2.24) is 19.2 Å². The summed E-state index contributed by atoms with van der Waals surface area (Å²) in [5.74, 6) is 1.54. The Hall–Kier alpha value is -2.80. The van der Waals surface area contributed by atoms with Crippen molar-refractivity contribution in [3.63, 3.8) is 0 Å². The molecule has 5 rings (SSSR count). The van der Waals surface area contributed by atoms with Gasteiger partial charge in [0.1, 0.15) is 11.6 Å². The Kier molecular flexibility index (Phi) is 7.10. The lowest BCUT2D eigenvalue weighted by molar-refractivity contribution is -0.137. The highest BCUT2D eigenvalue weighted by atomic mass is 32.2. The number of piperazine rings is 1. The summed E-state index contributed by atoms with van der Waals surface area (Å²) in [6.07, 6.45) is -4.52. The molecule has 0 amide bonds. The highest BCUT2D eigenvalue weighted by Crippen LogP contribution is 2.31. The molecule has 2 aromatic carbocycles. The number of para-hydroxylation sites is 1. The van der Waals surface area contributed by atoms with Crippen LogP contribution in [0.3, 0.4) is 0 Å². The first-order valence-electron chi connectivity index (χ1n) is 12.2. The topological polar surface area (TPSA) is 78.9 Å². The number of hydrogen-bond acceptors (Lipinski definition) is 7. The Bertz CT molecular complexity index is 1350. The van der Waals surface area contributed by atoms with E-state index in [1.54, 1.807) is 0 Å². The maximum atomic E-state index is 13.0. The number of fused-ring (bicyclic) bond motifs is 1. The van der Waals surface area contributed by atoms with Crippen LogP contribution in [0.2, 0.25) is 0 Å². The number of benzene rings is 2. The van der Waals surface area contributed by atoms with Gasteiger partial charge in [-0.25, -0.2) is 18.4 Å². The molecule has 0 aliphatic carbocycles. The molecule has 2 aliphatic rings. The third kappa shape index (κ3) is 5.28. The van der Waals surface area contributed by atoms with Crippen molar-refractivity contribution in [1.29, 1.82) is 0 Å². The minimum atomic E-state index is -4.52. The molecule has 2 fully saturated rings. The summed E-state index contributed by atoms with van der Waals surface area (Å²) < 4.78 is 71.5. The van der Waals surface area contributed by atoms with E-state index in [4.69, 9.17) is 14.7 Å². The molecular weight excluding hydrogens is 507 g/mol. The standard InChI is InChI=1S/C25H28F3N5O3S/c1-18(23-29-22-5-3-2-4-21(22)24(30-23)32-14-16-36-17-15-32)31-10-12-33(13-11-31)37(34,35)20-8-6-19(7-9-20)25(26,27)28/h2-9,18H,10-17H2,1H3/t18-/m1/s1. The zero-order chi connectivity index (χ0) is 26.2. The van der Waals surface area contributed by atoms with Crippen LogP contribution in [0, 0.1) is 0 Å². The highest BCUT2D eigenvalue weighted by molar-refractivity contribution is 7.89. The molecule has 12 heteroatoms. The normalized spacial score (nSPS) is 19.3. The number of nitrogens with zero attached hydrogens (tertiary/aromatic N) is 5. The first-order valence-corrected chi connectivity index (χ1v) is 13.6. The summed E-state index contributed by atoms with van der Waals surface area (Å²) >= 11 is 0. The van der Waals surface area contributed by atoms with Gasteiger partial charge >= 0.3 is 6.18 Å². The second-order valence-corrected chi connectivity index (χ2v) is 11.1. The summed E-state index contributed by atoms with van der Waals surface area (Å²) in [5.41, 5.74) is -0.0266. The van der Waals surface area contributed by atoms with Gasteiger partial charge in [-0.2, -0.15) is 17.5 Å². The summed E-state index contributed by atoms with van der Waals surface area (Å²) in [5, 5.41) is 0.979. The monoisotopic (exact) mass is 535 g/mol. The zero-order valence-electron chi connectivity index (χ0n) is 20.4. The number of rotatable bonds is 5. The fourth-order valence-electron chi connectivity index (χ4n) is 4.74. The molecule has 0 unspecified atom stereocenters. The van der Waals surface area contributed by atoms with E-state index in [0.29, 0.717) is 32.1 Å². The van der Waals surface area contributed by atoms with Gasteiger partial charge in [0.25, 0.3) is 0 Å². The summed E-state index contributed by atoms with van der Waals surface area (Å²) in [6.45, 7) is 6.11. The van der Waals surface area contributed by atoms with Gasteiger partial charge < -0.3 is 9.64 Å². The van der Waals surface area contributed by atoms with Gasteiger partial charge in [-0.1, -0.05) is 12.1 Å². The molecule has 2 saturated heterocycles. The minimum Gasteiger partial charge on any atom is -0.378 e. The van der Waals surface area contributed by atoms with E-state index in [9.17, 15) is 21.6 Å². The van der Waals surface area contributed by atoms with Crippen molar-refractivity contribution in [2.24, 2.45) is 0 Å². The lowest BCUT2D eigenvalue weighted by Crippen LogP contribution is -2.49. The fraction of sp³-hybridized carbons (Fsp3) is 0.440. The van der Waals surface area contributed by atoms with E-state index in [1.165, 1.54) is 4.31 Å². The smallest absolute Gasteiger partial charge is 0.378 e. The molecule has 3 aromatic rings. The largest absolute Gasteiger partial charge is 0.416 e. The van der Waals surface area contributed by atoms with Crippen LogP contribution in [0.25, 0.3) is 10.9 Å². The highest BCUT2D eigenvalue weighted by Gasteiger charge is 2.34. The predicted molar refractivity (Wildman–Crippen MR) is 133 cm³/mol. The predicted octanol–water partition coefficient (Wildman–Crippen LogP) is 3.55. The molecule has 1 aromatic heterocycles. The van der Waals surface area contributed by atoms with Crippen LogP contribution in [0.1, 0.15) is 24.4 Å². The first kappa shape index (κ1) is 25.8. The fourth-order valence-corrected chi connectivity index (χ4v) is 6.16. The van der Waals surface area contributed by atoms with Crippen LogP contribution in [-0.4, -0.2) is 80.1 Å². The van der Waals surface area contributed by atoms with Crippen LogP contribution in [0.5, 0.6) is 0 Å². The molecule has 0 saturated carbocycles.